The predicted molar refractivity (Wildman–Crippen MR) is 95.1 cm³/mol. The second-order valence-electron chi connectivity index (χ2n) is 6.60. The molecule has 132 valence electrons. The van der Waals surface area contributed by atoms with Gasteiger partial charge in [-0.25, -0.2) is 4.39 Å². The van der Waals surface area contributed by atoms with Crippen LogP contribution in [0.5, 0.6) is 0 Å². The monoisotopic (exact) mass is 342 g/mol. The summed E-state index contributed by atoms with van der Waals surface area (Å²) in [7, 11) is 1.94. The quantitative estimate of drug-likeness (QED) is 0.868. The van der Waals surface area contributed by atoms with Gasteiger partial charge in [-0.05, 0) is 54.2 Å². The third-order valence-electron chi connectivity index (χ3n) is 4.78. The SMILES string of the molecule is Cn1ccc(/C=C/C(=O)N2CCC(C(O)c3ccc(F)cc3)CC2)c1. The van der Waals surface area contributed by atoms with Gasteiger partial charge in [-0.2, -0.15) is 0 Å². The van der Waals surface area contributed by atoms with Crippen LogP contribution in [0.3, 0.4) is 0 Å². The fourth-order valence-electron chi connectivity index (χ4n) is 3.26. The molecule has 25 heavy (non-hydrogen) atoms. The van der Waals surface area contributed by atoms with E-state index in [9.17, 15) is 14.3 Å². The number of aliphatic hydroxyl groups excluding tert-OH is 1. The topological polar surface area (TPSA) is 45.5 Å². The Bertz CT molecular complexity index is 743. The molecule has 0 spiro atoms. The average Bonchev–Trinajstić information content (AvgIpc) is 3.05. The molecule has 2 heterocycles. The zero-order chi connectivity index (χ0) is 17.8. The molecule has 1 amide bonds. The number of aromatic nitrogens is 1. The molecule has 1 aromatic carbocycles. The Balaban J connectivity index is 1.53. The average molecular weight is 342 g/mol. The van der Waals surface area contributed by atoms with Crippen molar-refractivity contribution in [1.82, 2.24) is 9.47 Å². The maximum atomic E-state index is 13.0. The smallest absolute Gasteiger partial charge is 0.246 e. The summed E-state index contributed by atoms with van der Waals surface area (Å²) in [6.07, 6.45) is 8.18. The van der Waals surface area contributed by atoms with Crippen molar-refractivity contribution >= 4 is 12.0 Å². The number of hydrogen-bond donors (Lipinski definition) is 1. The normalized spacial score (nSPS) is 17.2. The lowest BCUT2D eigenvalue weighted by Crippen LogP contribution is -2.38. The highest BCUT2D eigenvalue weighted by Gasteiger charge is 2.27. The van der Waals surface area contributed by atoms with Crippen molar-refractivity contribution in [3.8, 4) is 0 Å². The number of hydrogen-bond acceptors (Lipinski definition) is 2. The number of nitrogens with zero attached hydrogens (tertiary/aromatic N) is 2. The van der Waals surface area contributed by atoms with Gasteiger partial charge in [-0.15, -0.1) is 0 Å². The molecule has 1 aliphatic heterocycles. The molecule has 0 saturated carbocycles. The van der Waals surface area contributed by atoms with Crippen LogP contribution < -0.4 is 0 Å². The van der Waals surface area contributed by atoms with Gasteiger partial charge in [0.15, 0.2) is 0 Å². The van der Waals surface area contributed by atoms with Crippen molar-refractivity contribution in [1.29, 1.82) is 0 Å². The summed E-state index contributed by atoms with van der Waals surface area (Å²) in [4.78, 5) is 14.1. The standard InChI is InChI=1S/C20H23FN2O2/c1-22-11-8-15(14-22)2-7-19(24)23-12-9-17(10-13-23)20(25)16-3-5-18(21)6-4-16/h2-8,11,14,17,20,25H,9-10,12-13H2,1H3/b7-2+. The van der Waals surface area contributed by atoms with E-state index in [2.05, 4.69) is 0 Å². The number of rotatable bonds is 4. The lowest BCUT2D eigenvalue weighted by molar-refractivity contribution is -0.127. The molecule has 0 bridgehead atoms. The number of aryl methyl sites for hydroxylation is 1. The van der Waals surface area contributed by atoms with Crippen LogP contribution >= 0.6 is 0 Å². The molecule has 1 fully saturated rings. The minimum Gasteiger partial charge on any atom is -0.388 e. The molecule has 2 aromatic rings. The van der Waals surface area contributed by atoms with Crippen LogP contribution in [0.1, 0.15) is 30.1 Å². The zero-order valence-electron chi connectivity index (χ0n) is 14.3. The Labute approximate surface area is 147 Å². The Morgan fingerprint density at radius 1 is 1.24 bits per heavy atom. The number of likely N-dealkylation sites (tertiary alicyclic amines) is 1. The summed E-state index contributed by atoms with van der Waals surface area (Å²) in [5, 5.41) is 10.5. The highest BCUT2D eigenvalue weighted by Crippen LogP contribution is 2.30. The summed E-state index contributed by atoms with van der Waals surface area (Å²) in [6.45, 7) is 1.25. The molecular weight excluding hydrogens is 319 g/mol. The highest BCUT2D eigenvalue weighted by molar-refractivity contribution is 5.91. The Morgan fingerprint density at radius 2 is 1.92 bits per heavy atom. The van der Waals surface area contributed by atoms with Gasteiger partial charge in [0.25, 0.3) is 0 Å². The van der Waals surface area contributed by atoms with E-state index < -0.39 is 6.10 Å². The van der Waals surface area contributed by atoms with Gasteiger partial charge in [0, 0.05) is 38.6 Å². The van der Waals surface area contributed by atoms with E-state index in [1.807, 2.05) is 41.1 Å². The molecule has 0 radical (unpaired) electrons. The van der Waals surface area contributed by atoms with Crippen molar-refractivity contribution in [2.24, 2.45) is 13.0 Å². The molecule has 3 rings (SSSR count). The highest BCUT2D eigenvalue weighted by atomic mass is 19.1. The first-order valence-electron chi connectivity index (χ1n) is 8.55. The molecule has 5 heteroatoms. The zero-order valence-corrected chi connectivity index (χ0v) is 14.3. The van der Waals surface area contributed by atoms with Crippen LogP contribution in [0.4, 0.5) is 4.39 Å². The Morgan fingerprint density at radius 3 is 2.52 bits per heavy atom. The molecule has 1 atom stereocenters. The molecule has 1 aromatic heterocycles. The molecular formula is C20H23FN2O2. The molecule has 1 saturated heterocycles. The predicted octanol–water partition coefficient (Wildman–Crippen LogP) is 3.15. The van der Waals surface area contributed by atoms with Crippen molar-refractivity contribution < 1.29 is 14.3 Å². The number of piperidine rings is 1. The number of benzene rings is 1. The van der Waals surface area contributed by atoms with Crippen LogP contribution in [-0.2, 0) is 11.8 Å². The first-order chi connectivity index (χ1) is 12.0. The van der Waals surface area contributed by atoms with Crippen LogP contribution in [-0.4, -0.2) is 33.6 Å². The van der Waals surface area contributed by atoms with Crippen LogP contribution in [0, 0.1) is 11.7 Å². The van der Waals surface area contributed by atoms with E-state index in [0.29, 0.717) is 13.1 Å². The third-order valence-corrected chi connectivity index (χ3v) is 4.78. The number of amides is 1. The maximum absolute atomic E-state index is 13.0. The molecule has 1 N–H and O–H groups in total. The lowest BCUT2D eigenvalue weighted by Gasteiger charge is -2.34. The number of halogens is 1. The third kappa shape index (κ3) is 4.37. The van der Waals surface area contributed by atoms with Crippen LogP contribution in [0.15, 0.2) is 48.8 Å². The van der Waals surface area contributed by atoms with E-state index in [1.165, 1.54) is 12.1 Å². The summed E-state index contributed by atoms with van der Waals surface area (Å²) >= 11 is 0. The van der Waals surface area contributed by atoms with Crippen molar-refractivity contribution in [3.63, 3.8) is 0 Å². The van der Waals surface area contributed by atoms with E-state index in [1.54, 1.807) is 18.2 Å². The van der Waals surface area contributed by atoms with E-state index in [4.69, 9.17) is 0 Å². The summed E-state index contributed by atoms with van der Waals surface area (Å²) in [5.41, 5.74) is 1.73. The van der Waals surface area contributed by atoms with E-state index in [-0.39, 0.29) is 17.6 Å². The molecule has 0 aliphatic carbocycles. The first-order valence-corrected chi connectivity index (χ1v) is 8.55. The first kappa shape index (κ1) is 17.4. The largest absolute Gasteiger partial charge is 0.388 e. The number of carbonyl (C=O) groups is 1. The second kappa shape index (κ2) is 7.66. The van der Waals surface area contributed by atoms with Gasteiger partial charge in [0.05, 0.1) is 6.10 Å². The van der Waals surface area contributed by atoms with Crippen molar-refractivity contribution in [2.45, 2.75) is 18.9 Å². The second-order valence-corrected chi connectivity index (χ2v) is 6.60. The van der Waals surface area contributed by atoms with Crippen LogP contribution in [0.2, 0.25) is 0 Å². The Kier molecular flexibility index (Phi) is 5.34. The van der Waals surface area contributed by atoms with Crippen molar-refractivity contribution in [3.05, 3.63) is 65.7 Å². The van der Waals surface area contributed by atoms with Gasteiger partial charge >= 0.3 is 0 Å². The minimum atomic E-state index is -0.613. The van der Waals surface area contributed by atoms with Gasteiger partial charge in [0.1, 0.15) is 5.82 Å². The molecule has 1 aliphatic rings. The fraction of sp³-hybridized carbons (Fsp3) is 0.350. The number of carbonyl (C=O) groups excluding carboxylic acids is 1. The lowest BCUT2D eigenvalue weighted by atomic mass is 9.87. The van der Waals surface area contributed by atoms with Gasteiger partial charge < -0.3 is 14.6 Å². The van der Waals surface area contributed by atoms with Crippen LogP contribution in [0.25, 0.3) is 6.08 Å². The van der Waals surface area contributed by atoms with Gasteiger partial charge in [-0.3, -0.25) is 4.79 Å². The minimum absolute atomic E-state index is 0.00132. The summed E-state index contributed by atoms with van der Waals surface area (Å²) in [6, 6.07) is 7.94. The van der Waals surface area contributed by atoms with Crippen molar-refractivity contribution in [2.75, 3.05) is 13.1 Å². The molecule has 1 unspecified atom stereocenters. The van der Waals surface area contributed by atoms with E-state index >= 15 is 0 Å². The van der Waals surface area contributed by atoms with Gasteiger partial charge in [-0.1, -0.05) is 12.1 Å². The molecule has 4 nitrogen and oxygen atoms in total. The summed E-state index contributed by atoms with van der Waals surface area (Å²) in [5.74, 6) is -0.215. The maximum Gasteiger partial charge on any atom is 0.246 e. The van der Waals surface area contributed by atoms with E-state index in [0.717, 1.165) is 24.0 Å². The summed E-state index contributed by atoms with van der Waals surface area (Å²) < 4.78 is 14.9. The van der Waals surface area contributed by atoms with Gasteiger partial charge in [0.2, 0.25) is 5.91 Å². The number of aliphatic hydroxyl groups is 1. The Hall–Kier alpha value is -2.40. The fourth-order valence-corrected chi connectivity index (χ4v) is 3.26.